The van der Waals surface area contributed by atoms with Crippen molar-refractivity contribution >= 4 is 15.9 Å². The molecule has 1 aliphatic carbocycles. The van der Waals surface area contributed by atoms with E-state index in [0.29, 0.717) is 0 Å². The quantitative estimate of drug-likeness (QED) is 0.882. The highest BCUT2D eigenvalue weighted by molar-refractivity contribution is 9.10. The summed E-state index contributed by atoms with van der Waals surface area (Å²) in [5.74, 6) is 0.775. The fraction of sp³-hybridized carbons (Fsp3) is 0.455. The van der Waals surface area contributed by atoms with Gasteiger partial charge in [-0.1, -0.05) is 15.9 Å². The Balaban J connectivity index is 2.56. The summed E-state index contributed by atoms with van der Waals surface area (Å²) in [6.07, 6.45) is 1.65. The SMILES string of the molecule is COc1cc(C)cc(Br)c1C1(O)CC1. The molecule has 14 heavy (non-hydrogen) atoms. The molecule has 3 heteroatoms. The molecule has 0 atom stereocenters. The van der Waals surface area contributed by atoms with Crippen molar-refractivity contribution in [2.75, 3.05) is 7.11 Å². The lowest BCUT2D eigenvalue weighted by atomic mass is 10.0. The Labute approximate surface area is 92.0 Å². The van der Waals surface area contributed by atoms with E-state index in [9.17, 15) is 5.11 Å². The number of methoxy groups -OCH3 is 1. The third-order valence-electron chi connectivity index (χ3n) is 2.61. The molecule has 2 rings (SSSR count). The molecule has 0 bridgehead atoms. The van der Waals surface area contributed by atoms with Crippen molar-refractivity contribution in [2.24, 2.45) is 0 Å². The van der Waals surface area contributed by atoms with Crippen LogP contribution in [0.1, 0.15) is 24.0 Å². The van der Waals surface area contributed by atoms with E-state index in [1.165, 1.54) is 0 Å². The second kappa shape index (κ2) is 3.24. The molecule has 0 spiro atoms. The van der Waals surface area contributed by atoms with Crippen LogP contribution in [0.25, 0.3) is 0 Å². The molecule has 1 saturated carbocycles. The minimum absolute atomic E-state index is 0.655. The van der Waals surface area contributed by atoms with Gasteiger partial charge < -0.3 is 9.84 Å². The van der Waals surface area contributed by atoms with Gasteiger partial charge in [-0.05, 0) is 37.5 Å². The van der Waals surface area contributed by atoms with Crippen LogP contribution < -0.4 is 4.74 Å². The second-order valence-electron chi connectivity index (χ2n) is 3.86. The van der Waals surface area contributed by atoms with Crippen LogP contribution in [0.3, 0.4) is 0 Å². The summed E-state index contributed by atoms with van der Waals surface area (Å²) in [6.45, 7) is 2.01. The van der Waals surface area contributed by atoms with E-state index in [4.69, 9.17) is 4.74 Å². The van der Waals surface area contributed by atoms with Gasteiger partial charge in [0.15, 0.2) is 0 Å². The predicted octanol–water partition coefficient (Wildman–Crippen LogP) is 2.75. The van der Waals surface area contributed by atoms with Gasteiger partial charge in [-0.2, -0.15) is 0 Å². The van der Waals surface area contributed by atoms with Crippen molar-refractivity contribution in [1.29, 1.82) is 0 Å². The van der Waals surface area contributed by atoms with Gasteiger partial charge in [0.25, 0.3) is 0 Å². The number of aryl methyl sites for hydroxylation is 1. The lowest BCUT2D eigenvalue weighted by Crippen LogP contribution is -2.08. The van der Waals surface area contributed by atoms with Crippen LogP contribution in [0.15, 0.2) is 16.6 Å². The van der Waals surface area contributed by atoms with Gasteiger partial charge in [-0.3, -0.25) is 0 Å². The average Bonchev–Trinajstić information content (AvgIpc) is 2.82. The molecule has 1 N–H and O–H groups in total. The molecule has 0 heterocycles. The van der Waals surface area contributed by atoms with Crippen molar-refractivity contribution in [3.63, 3.8) is 0 Å². The van der Waals surface area contributed by atoms with E-state index in [1.54, 1.807) is 7.11 Å². The van der Waals surface area contributed by atoms with Gasteiger partial charge in [0.1, 0.15) is 5.75 Å². The van der Waals surface area contributed by atoms with E-state index in [2.05, 4.69) is 15.9 Å². The number of benzene rings is 1. The van der Waals surface area contributed by atoms with E-state index in [1.807, 2.05) is 19.1 Å². The van der Waals surface area contributed by atoms with Crippen LogP contribution >= 0.6 is 15.9 Å². The molecule has 1 aromatic carbocycles. The molecule has 1 aromatic rings. The predicted molar refractivity (Wildman–Crippen MR) is 58.6 cm³/mol. The Hall–Kier alpha value is -0.540. The van der Waals surface area contributed by atoms with Crippen molar-refractivity contribution in [3.05, 3.63) is 27.7 Å². The van der Waals surface area contributed by atoms with E-state index >= 15 is 0 Å². The monoisotopic (exact) mass is 256 g/mol. The van der Waals surface area contributed by atoms with E-state index < -0.39 is 5.60 Å². The van der Waals surface area contributed by atoms with Gasteiger partial charge in [-0.15, -0.1) is 0 Å². The highest BCUT2D eigenvalue weighted by Gasteiger charge is 2.45. The minimum atomic E-state index is -0.655. The second-order valence-corrected chi connectivity index (χ2v) is 4.71. The maximum Gasteiger partial charge on any atom is 0.126 e. The summed E-state index contributed by atoms with van der Waals surface area (Å²) < 4.78 is 6.22. The molecular weight excluding hydrogens is 244 g/mol. The Bertz CT molecular complexity index is 370. The molecule has 0 saturated heterocycles. The van der Waals surface area contributed by atoms with E-state index in [-0.39, 0.29) is 0 Å². The summed E-state index contributed by atoms with van der Waals surface area (Å²) >= 11 is 3.47. The number of hydrogen-bond donors (Lipinski definition) is 1. The van der Waals surface area contributed by atoms with Gasteiger partial charge >= 0.3 is 0 Å². The first-order chi connectivity index (χ1) is 6.57. The highest BCUT2D eigenvalue weighted by Crippen LogP contribution is 2.51. The molecule has 2 nitrogen and oxygen atoms in total. The molecular formula is C11H13BrO2. The van der Waals surface area contributed by atoms with Crippen LogP contribution in [0, 0.1) is 6.92 Å². The van der Waals surface area contributed by atoms with Gasteiger partial charge in [-0.25, -0.2) is 0 Å². The van der Waals surface area contributed by atoms with Crippen LogP contribution in [-0.2, 0) is 5.60 Å². The summed E-state index contributed by atoms with van der Waals surface area (Å²) in [5, 5.41) is 10.1. The van der Waals surface area contributed by atoms with E-state index in [0.717, 1.165) is 34.2 Å². The minimum Gasteiger partial charge on any atom is -0.496 e. The zero-order chi connectivity index (χ0) is 10.3. The molecule has 0 amide bonds. The summed E-state index contributed by atoms with van der Waals surface area (Å²) in [4.78, 5) is 0. The number of hydrogen-bond acceptors (Lipinski definition) is 2. The molecule has 1 aliphatic rings. The fourth-order valence-electron chi connectivity index (χ4n) is 1.69. The molecule has 1 fully saturated rings. The first kappa shape index (κ1) is 9.99. The molecule has 0 unspecified atom stereocenters. The number of rotatable bonds is 2. The largest absolute Gasteiger partial charge is 0.496 e. The standard InChI is InChI=1S/C11H13BrO2/c1-7-5-8(12)10(9(6-7)14-2)11(13)3-4-11/h5-6,13H,3-4H2,1-2H3. The fourth-order valence-corrected chi connectivity index (χ4v) is 2.62. The van der Waals surface area contributed by atoms with Crippen molar-refractivity contribution in [2.45, 2.75) is 25.4 Å². The van der Waals surface area contributed by atoms with Gasteiger partial charge in [0.05, 0.1) is 12.7 Å². The van der Waals surface area contributed by atoms with Crippen LogP contribution in [0.5, 0.6) is 5.75 Å². The zero-order valence-corrected chi connectivity index (χ0v) is 9.89. The summed E-state index contributed by atoms with van der Waals surface area (Å²) in [5.41, 5.74) is 1.37. The molecule has 0 aromatic heterocycles. The lowest BCUT2D eigenvalue weighted by Gasteiger charge is -2.16. The Morgan fingerprint density at radius 1 is 1.43 bits per heavy atom. The van der Waals surface area contributed by atoms with Crippen molar-refractivity contribution < 1.29 is 9.84 Å². The third-order valence-corrected chi connectivity index (χ3v) is 3.23. The third kappa shape index (κ3) is 1.55. The Morgan fingerprint density at radius 3 is 2.57 bits per heavy atom. The average molecular weight is 257 g/mol. The first-order valence-electron chi connectivity index (χ1n) is 4.64. The van der Waals surface area contributed by atoms with Crippen molar-refractivity contribution in [3.8, 4) is 5.75 Å². The highest BCUT2D eigenvalue weighted by atomic mass is 79.9. The van der Waals surface area contributed by atoms with Crippen LogP contribution in [-0.4, -0.2) is 12.2 Å². The summed E-state index contributed by atoms with van der Waals surface area (Å²) in [6, 6.07) is 3.96. The zero-order valence-electron chi connectivity index (χ0n) is 8.30. The van der Waals surface area contributed by atoms with Crippen LogP contribution in [0.4, 0.5) is 0 Å². The number of aliphatic hydroxyl groups is 1. The number of halogens is 1. The normalized spacial score (nSPS) is 18.0. The Morgan fingerprint density at radius 2 is 2.07 bits per heavy atom. The van der Waals surface area contributed by atoms with Gasteiger partial charge in [0.2, 0.25) is 0 Å². The first-order valence-corrected chi connectivity index (χ1v) is 5.43. The maximum atomic E-state index is 10.1. The van der Waals surface area contributed by atoms with Gasteiger partial charge in [0, 0.05) is 10.0 Å². The lowest BCUT2D eigenvalue weighted by molar-refractivity contribution is 0.146. The molecule has 0 aliphatic heterocycles. The Kier molecular flexibility index (Phi) is 2.32. The summed E-state index contributed by atoms with van der Waals surface area (Å²) in [7, 11) is 1.64. The molecule has 0 radical (unpaired) electrons. The van der Waals surface area contributed by atoms with Crippen LogP contribution in [0.2, 0.25) is 0 Å². The topological polar surface area (TPSA) is 29.5 Å². The maximum absolute atomic E-state index is 10.1. The smallest absolute Gasteiger partial charge is 0.126 e. The van der Waals surface area contributed by atoms with Crippen molar-refractivity contribution in [1.82, 2.24) is 0 Å². The molecule has 76 valence electrons. The number of ether oxygens (including phenoxy) is 1.